The van der Waals surface area contributed by atoms with Crippen molar-refractivity contribution in [3.05, 3.63) is 81.4 Å². The normalized spacial score (nSPS) is 15.4. The van der Waals surface area contributed by atoms with Crippen molar-refractivity contribution in [1.82, 2.24) is 4.90 Å². The molecular formula is C29H35ClN2O7. The molecule has 0 N–H and O–H groups in total. The molecule has 39 heavy (non-hydrogen) atoms. The van der Waals surface area contributed by atoms with Gasteiger partial charge < -0.3 is 23.7 Å². The Morgan fingerprint density at radius 1 is 0.897 bits per heavy atom. The zero-order valence-electron chi connectivity index (χ0n) is 22.8. The SMILES string of the molecule is CCC(Oc1ccc([N+](=O)[O-])cc1)N1CCc2cc(OC)c(OC)cc2C1Cc1ccc(OC)cc1OC.Cl. The number of benzene rings is 3. The molecule has 9 nitrogen and oxygen atoms in total. The Morgan fingerprint density at radius 2 is 1.54 bits per heavy atom. The van der Waals surface area contributed by atoms with E-state index in [9.17, 15) is 10.1 Å². The largest absolute Gasteiger partial charge is 0.497 e. The summed E-state index contributed by atoms with van der Waals surface area (Å²) in [5, 5.41) is 11.1. The van der Waals surface area contributed by atoms with E-state index in [0.717, 1.165) is 42.0 Å². The summed E-state index contributed by atoms with van der Waals surface area (Å²) in [6, 6.07) is 16.1. The monoisotopic (exact) mass is 558 g/mol. The van der Waals surface area contributed by atoms with Crippen LogP contribution in [0.1, 0.15) is 36.1 Å². The first kappa shape index (κ1) is 29.9. The molecule has 2 atom stereocenters. The fraction of sp³-hybridized carbons (Fsp3) is 0.379. The van der Waals surface area contributed by atoms with Crippen LogP contribution in [-0.4, -0.2) is 51.0 Å². The second kappa shape index (κ2) is 13.4. The zero-order chi connectivity index (χ0) is 27.2. The summed E-state index contributed by atoms with van der Waals surface area (Å²) >= 11 is 0. The summed E-state index contributed by atoms with van der Waals surface area (Å²) in [7, 11) is 6.57. The van der Waals surface area contributed by atoms with Crippen molar-refractivity contribution in [1.29, 1.82) is 0 Å². The summed E-state index contributed by atoms with van der Waals surface area (Å²) in [6.07, 6.45) is 1.93. The van der Waals surface area contributed by atoms with Gasteiger partial charge in [-0.05, 0) is 66.3 Å². The quantitative estimate of drug-likeness (QED) is 0.209. The van der Waals surface area contributed by atoms with E-state index in [0.29, 0.717) is 23.7 Å². The van der Waals surface area contributed by atoms with Crippen molar-refractivity contribution < 1.29 is 28.6 Å². The van der Waals surface area contributed by atoms with E-state index >= 15 is 0 Å². The summed E-state index contributed by atoms with van der Waals surface area (Å²) < 4.78 is 28.8. The van der Waals surface area contributed by atoms with Crippen LogP contribution in [0, 0.1) is 10.1 Å². The molecule has 1 aliphatic rings. The number of non-ortho nitro benzene ring substituents is 1. The molecule has 1 heterocycles. The number of methoxy groups -OCH3 is 4. The zero-order valence-corrected chi connectivity index (χ0v) is 23.7. The number of fused-ring (bicyclic) bond motifs is 1. The molecule has 0 radical (unpaired) electrons. The molecule has 0 saturated carbocycles. The lowest BCUT2D eigenvalue weighted by Gasteiger charge is -2.42. The molecule has 0 bridgehead atoms. The number of hydrogen-bond acceptors (Lipinski definition) is 8. The van der Waals surface area contributed by atoms with Crippen molar-refractivity contribution in [3.63, 3.8) is 0 Å². The van der Waals surface area contributed by atoms with Gasteiger partial charge in [-0.1, -0.05) is 13.0 Å². The lowest BCUT2D eigenvalue weighted by atomic mass is 9.87. The Morgan fingerprint density at radius 3 is 2.13 bits per heavy atom. The number of ether oxygens (including phenoxy) is 5. The lowest BCUT2D eigenvalue weighted by Crippen LogP contribution is -2.46. The third-order valence-corrected chi connectivity index (χ3v) is 6.99. The second-order valence-electron chi connectivity index (χ2n) is 9.02. The highest BCUT2D eigenvalue weighted by Gasteiger charge is 2.34. The van der Waals surface area contributed by atoms with E-state index < -0.39 is 4.92 Å². The minimum absolute atomic E-state index is 0. The van der Waals surface area contributed by atoms with Gasteiger partial charge in [0.25, 0.3) is 5.69 Å². The van der Waals surface area contributed by atoms with Crippen LogP contribution < -0.4 is 23.7 Å². The first-order chi connectivity index (χ1) is 18.4. The van der Waals surface area contributed by atoms with Gasteiger partial charge in [-0.15, -0.1) is 12.4 Å². The molecule has 0 fully saturated rings. The van der Waals surface area contributed by atoms with Crippen LogP contribution in [0.5, 0.6) is 28.7 Å². The van der Waals surface area contributed by atoms with Gasteiger partial charge in [0.1, 0.15) is 17.2 Å². The predicted molar refractivity (Wildman–Crippen MR) is 151 cm³/mol. The number of nitro benzene ring substituents is 1. The number of nitro groups is 1. The molecule has 4 rings (SSSR count). The van der Waals surface area contributed by atoms with Crippen molar-refractivity contribution in [2.45, 2.75) is 38.5 Å². The summed E-state index contributed by atoms with van der Waals surface area (Å²) in [6.45, 7) is 2.84. The van der Waals surface area contributed by atoms with Crippen LogP contribution >= 0.6 is 12.4 Å². The Hall–Kier alpha value is -3.69. The maximum atomic E-state index is 11.1. The fourth-order valence-corrected chi connectivity index (χ4v) is 5.04. The molecule has 0 saturated heterocycles. The van der Waals surface area contributed by atoms with Crippen LogP contribution in [0.4, 0.5) is 5.69 Å². The minimum atomic E-state index is -0.414. The van der Waals surface area contributed by atoms with Crippen LogP contribution in [0.25, 0.3) is 0 Å². The van der Waals surface area contributed by atoms with Gasteiger partial charge in [0.05, 0.1) is 33.4 Å². The van der Waals surface area contributed by atoms with E-state index in [1.165, 1.54) is 17.7 Å². The average Bonchev–Trinajstić information content (AvgIpc) is 2.95. The van der Waals surface area contributed by atoms with E-state index in [-0.39, 0.29) is 30.4 Å². The maximum Gasteiger partial charge on any atom is 0.269 e. The first-order valence-corrected chi connectivity index (χ1v) is 12.5. The highest BCUT2D eigenvalue weighted by Crippen LogP contribution is 2.42. The third kappa shape index (κ3) is 6.49. The van der Waals surface area contributed by atoms with E-state index in [2.05, 4.69) is 24.0 Å². The Labute approximate surface area is 235 Å². The lowest BCUT2D eigenvalue weighted by molar-refractivity contribution is -0.384. The molecule has 2 unspecified atom stereocenters. The predicted octanol–water partition coefficient (Wildman–Crippen LogP) is 6.01. The molecule has 0 amide bonds. The second-order valence-corrected chi connectivity index (χ2v) is 9.02. The molecule has 0 aromatic heterocycles. The standard InChI is InChI=1S/C29H34N2O7.ClH/c1-6-29(38-22-11-8-21(9-12-22)31(32)33)30-14-13-19-16-27(36-4)28(37-5)18-24(19)25(30)15-20-7-10-23(34-2)17-26(20)35-3;/h7-12,16-18,25,29H,6,13-15H2,1-5H3;1H. The number of hydrogen-bond donors (Lipinski definition) is 0. The van der Waals surface area contributed by atoms with E-state index in [1.54, 1.807) is 40.6 Å². The first-order valence-electron chi connectivity index (χ1n) is 12.5. The van der Waals surface area contributed by atoms with Crippen LogP contribution in [0.15, 0.2) is 54.6 Å². The Bertz CT molecular complexity index is 1270. The molecule has 0 spiro atoms. The molecule has 210 valence electrons. The van der Waals surface area contributed by atoms with Crippen LogP contribution in [-0.2, 0) is 12.8 Å². The third-order valence-electron chi connectivity index (χ3n) is 6.99. The van der Waals surface area contributed by atoms with Gasteiger partial charge >= 0.3 is 0 Å². The highest BCUT2D eigenvalue weighted by molar-refractivity contribution is 5.85. The van der Waals surface area contributed by atoms with Gasteiger partial charge in [-0.3, -0.25) is 15.0 Å². The molecule has 1 aliphatic heterocycles. The average molecular weight is 559 g/mol. The highest BCUT2D eigenvalue weighted by atomic mass is 35.5. The molecule has 3 aromatic rings. The molecule has 10 heteroatoms. The van der Waals surface area contributed by atoms with Crippen molar-refractivity contribution >= 4 is 18.1 Å². The van der Waals surface area contributed by atoms with Gasteiger partial charge in [-0.25, -0.2) is 0 Å². The number of halogens is 1. The molecule has 3 aromatic carbocycles. The topological polar surface area (TPSA) is 92.5 Å². The molecular weight excluding hydrogens is 524 g/mol. The van der Waals surface area contributed by atoms with Crippen LogP contribution in [0.3, 0.4) is 0 Å². The summed E-state index contributed by atoms with van der Waals surface area (Å²) in [4.78, 5) is 13.0. The smallest absolute Gasteiger partial charge is 0.269 e. The Kier molecular flexibility index (Phi) is 10.3. The summed E-state index contributed by atoms with van der Waals surface area (Å²) in [5.74, 6) is 3.44. The van der Waals surface area contributed by atoms with Gasteiger partial charge in [-0.2, -0.15) is 0 Å². The van der Waals surface area contributed by atoms with Crippen molar-refractivity contribution in [2.24, 2.45) is 0 Å². The van der Waals surface area contributed by atoms with Gasteiger partial charge in [0.2, 0.25) is 0 Å². The van der Waals surface area contributed by atoms with Crippen molar-refractivity contribution in [3.8, 4) is 28.7 Å². The van der Waals surface area contributed by atoms with Crippen LogP contribution in [0.2, 0.25) is 0 Å². The summed E-state index contributed by atoms with van der Waals surface area (Å²) in [5.41, 5.74) is 3.40. The Balaban J connectivity index is 0.00000420. The van der Waals surface area contributed by atoms with Crippen molar-refractivity contribution in [2.75, 3.05) is 35.0 Å². The number of rotatable bonds is 11. The molecule has 0 aliphatic carbocycles. The van der Waals surface area contributed by atoms with E-state index in [1.807, 2.05) is 18.2 Å². The van der Waals surface area contributed by atoms with Gasteiger partial charge in [0, 0.05) is 30.8 Å². The number of nitrogens with zero attached hydrogens (tertiary/aromatic N) is 2. The van der Waals surface area contributed by atoms with E-state index in [4.69, 9.17) is 23.7 Å². The maximum absolute atomic E-state index is 11.1. The fourth-order valence-electron chi connectivity index (χ4n) is 5.04. The van der Waals surface area contributed by atoms with Gasteiger partial charge in [0.15, 0.2) is 17.7 Å². The minimum Gasteiger partial charge on any atom is -0.497 e.